The highest BCUT2D eigenvalue weighted by Crippen LogP contribution is 2.52. The van der Waals surface area contributed by atoms with Crippen LogP contribution >= 0.6 is 0 Å². The molecule has 1 saturated carbocycles. The largest absolute Gasteiger partial charge is 0.484 e. The van der Waals surface area contributed by atoms with Crippen LogP contribution < -0.4 is 0 Å². The van der Waals surface area contributed by atoms with Crippen LogP contribution in [0.5, 0.6) is 0 Å². The highest BCUT2D eigenvalue weighted by Gasteiger charge is 2.49. The molecule has 0 aromatic heterocycles. The van der Waals surface area contributed by atoms with Gasteiger partial charge in [0.05, 0.1) is 7.11 Å². The minimum absolute atomic E-state index is 0.340. The van der Waals surface area contributed by atoms with Crippen molar-refractivity contribution in [3.63, 3.8) is 0 Å². The average Bonchev–Trinajstić information content (AvgIpc) is 2.38. The van der Waals surface area contributed by atoms with E-state index in [1.165, 1.54) is 0 Å². The van der Waals surface area contributed by atoms with Gasteiger partial charge in [-0.15, -0.1) is 0 Å². The first kappa shape index (κ1) is 6.59. The summed E-state index contributed by atoms with van der Waals surface area (Å²) >= 11 is 0. The van der Waals surface area contributed by atoms with E-state index >= 15 is 0 Å². The van der Waals surface area contributed by atoms with E-state index in [0.717, 1.165) is 6.42 Å². The van der Waals surface area contributed by atoms with Gasteiger partial charge >= 0.3 is 0 Å². The Morgan fingerprint density at radius 2 is 2.11 bits per heavy atom. The second-order valence-corrected chi connectivity index (χ2v) is 3.31. The Morgan fingerprint density at radius 3 is 2.22 bits per heavy atom. The van der Waals surface area contributed by atoms with Gasteiger partial charge in [-0.05, 0) is 11.8 Å². The Morgan fingerprint density at radius 1 is 1.67 bits per heavy atom. The molecule has 0 spiro atoms. The van der Waals surface area contributed by atoms with E-state index in [1.807, 2.05) is 0 Å². The van der Waals surface area contributed by atoms with Gasteiger partial charge in [-0.25, -0.2) is 0 Å². The zero-order chi connectivity index (χ0) is 7.07. The lowest BCUT2D eigenvalue weighted by Crippen LogP contribution is -2.05. The molecule has 0 radical (unpaired) electrons. The summed E-state index contributed by atoms with van der Waals surface area (Å²) in [6.45, 7) is 4.32. The first-order valence-electron chi connectivity index (χ1n) is 3.20. The van der Waals surface area contributed by atoms with Crippen LogP contribution in [0.15, 0.2) is 0 Å². The van der Waals surface area contributed by atoms with Gasteiger partial charge in [0.25, 0.3) is 0 Å². The molecule has 1 rings (SSSR count). The molecule has 1 aliphatic carbocycles. The van der Waals surface area contributed by atoms with Crippen LogP contribution in [0.4, 0.5) is 0 Å². The van der Waals surface area contributed by atoms with Crippen LogP contribution in [0, 0.1) is 16.7 Å². The van der Waals surface area contributed by atoms with Crippen LogP contribution in [-0.4, -0.2) is 13.0 Å². The molecule has 2 heteroatoms. The molecular formula is C7H13NO. The van der Waals surface area contributed by atoms with E-state index in [2.05, 4.69) is 13.8 Å². The van der Waals surface area contributed by atoms with E-state index < -0.39 is 0 Å². The molecule has 1 atom stereocenters. The fraction of sp³-hybridized carbons (Fsp3) is 0.857. The number of nitrogens with one attached hydrogen (secondary N) is 1. The molecule has 0 bridgehead atoms. The van der Waals surface area contributed by atoms with Gasteiger partial charge in [0, 0.05) is 5.92 Å². The zero-order valence-electron chi connectivity index (χ0n) is 6.19. The fourth-order valence-electron chi connectivity index (χ4n) is 1.06. The van der Waals surface area contributed by atoms with Crippen molar-refractivity contribution in [2.24, 2.45) is 11.3 Å². The summed E-state index contributed by atoms with van der Waals surface area (Å²) in [7, 11) is 1.57. The van der Waals surface area contributed by atoms with Crippen LogP contribution in [0.25, 0.3) is 0 Å². The number of rotatable bonds is 1. The van der Waals surface area contributed by atoms with Gasteiger partial charge in [-0.2, -0.15) is 0 Å². The third-order valence-corrected chi connectivity index (χ3v) is 2.05. The summed E-state index contributed by atoms with van der Waals surface area (Å²) in [4.78, 5) is 0. The van der Waals surface area contributed by atoms with Gasteiger partial charge in [-0.3, -0.25) is 5.41 Å². The lowest BCUT2D eigenvalue weighted by atomic mass is 10.1. The SMILES string of the molecule is COC(=N)C1CC1(C)C. The third-order valence-electron chi connectivity index (χ3n) is 2.05. The van der Waals surface area contributed by atoms with E-state index in [9.17, 15) is 0 Å². The maximum Gasteiger partial charge on any atom is 0.183 e. The van der Waals surface area contributed by atoms with Crippen molar-refractivity contribution in [1.82, 2.24) is 0 Å². The molecule has 0 heterocycles. The maximum absolute atomic E-state index is 7.29. The normalized spacial score (nSPS) is 29.4. The van der Waals surface area contributed by atoms with Gasteiger partial charge in [-0.1, -0.05) is 13.8 Å². The predicted octanol–water partition coefficient (Wildman–Crippen LogP) is 1.66. The van der Waals surface area contributed by atoms with Gasteiger partial charge < -0.3 is 4.74 Å². The van der Waals surface area contributed by atoms with Crippen molar-refractivity contribution in [1.29, 1.82) is 5.41 Å². The van der Waals surface area contributed by atoms with Crippen molar-refractivity contribution in [2.45, 2.75) is 20.3 Å². The van der Waals surface area contributed by atoms with Crippen LogP contribution in [-0.2, 0) is 4.74 Å². The highest BCUT2D eigenvalue weighted by atomic mass is 16.5. The van der Waals surface area contributed by atoms with E-state index in [-0.39, 0.29) is 0 Å². The Balaban J connectivity index is 2.42. The Labute approximate surface area is 55.7 Å². The summed E-state index contributed by atoms with van der Waals surface area (Å²) in [5, 5.41) is 7.29. The number of ether oxygens (including phenoxy) is 1. The molecule has 1 aliphatic rings. The molecule has 9 heavy (non-hydrogen) atoms. The second kappa shape index (κ2) is 1.72. The van der Waals surface area contributed by atoms with Gasteiger partial charge in [0.1, 0.15) is 0 Å². The molecule has 52 valence electrons. The number of methoxy groups -OCH3 is 1. The summed E-state index contributed by atoms with van der Waals surface area (Å²) in [6.07, 6.45) is 1.11. The predicted molar refractivity (Wildman–Crippen MR) is 36.6 cm³/mol. The molecule has 0 amide bonds. The van der Waals surface area contributed by atoms with Crippen molar-refractivity contribution >= 4 is 5.90 Å². The molecule has 1 fully saturated rings. The van der Waals surface area contributed by atoms with Crippen LogP contribution in [0.3, 0.4) is 0 Å². The molecule has 1 N–H and O–H groups in total. The molecule has 1 unspecified atom stereocenters. The summed E-state index contributed by atoms with van der Waals surface area (Å²) in [5.41, 5.74) is 0.340. The zero-order valence-corrected chi connectivity index (χ0v) is 6.19. The quantitative estimate of drug-likeness (QED) is 0.421. The minimum Gasteiger partial charge on any atom is -0.484 e. The van der Waals surface area contributed by atoms with Gasteiger partial charge in [0.2, 0.25) is 0 Å². The summed E-state index contributed by atoms with van der Waals surface area (Å²) in [6, 6.07) is 0. The smallest absolute Gasteiger partial charge is 0.183 e. The molecule has 0 aliphatic heterocycles. The standard InChI is InChI=1S/C7H13NO/c1-7(2)4-5(7)6(8)9-3/h5,8H,4H2,1-3H3. The monoisotopic (exact) mass is 127 g/mol. The fourth-order valence-corrected chi connectivity index (χ4v) is 1.06. The van der Waals surface area contributed by atoms with E-state index in [4.69, 9.17) is 10.1 Å². The number of hydrogen-bond acceptors (Lipinski definition) is 2. The molecule has 2 nitrogen and oxygen atoms in total. The highest BCUT2D eigenvalue weighted by molar-refractivity contribution is 5.79. The van der Waals surface area contributed by atoms with Crippen molar-refractivity contribution in [3.05, 3.63) is 0 Å². The van der Waals surface area contributed by atoms with Crippen molar-refractivity contribution < 1.29 is 4.74 Å². The molecule has 0 aromatic carbocycles. The van der Waals surface area contributed by atoms with Crippen molar-refractivity contribution in [3.8, 4) is 0 Å². The topological polar surface area (TPSA) is 33.1 Å². The molecule has 0 aromatic rings. The van der Waals surface area contributed by atoms with Crippen LogP contribution in [0.2, 0.25) is 0 Å². The Hall–Kier alpha value is -0.530. The van der Waals surface area contributed by atoms with Gasteiger partial charge in [0.15, 0.2) is 5.90 Å². The molecule has 0 saturated heterocycles. The number of hydrogen-bond donors (Lipinski definition) is 1. The Kier molecular flexibility index (Phi) is 1.26. The minimum atomic E-state index is 0.340. The molecular weight excluding hydrogens is 114 g/mol. The lowest BCUT2D eigenvalue weighted by molar-refractivity contribution is 0.373. The maximum atomic E-state index is 7.29. The summed E-state index contributed by atoms with van der Waals surface area (Å²) in [5.74, 6) is 0.836. The van der Waals surface area contributed by atoms with Crippen molar-refractivity contribution in [2.75, 3.05) is 7.11 Å². The first-order chi connectivity index (χ1) is 4.08. The third kappa shape index (κ3) is 1.07. The van der Waals surface area contributed by atoms with E-state index in [1.54, 1.807) is 7.11 Å². The second-order valence-electron chi connectivity index (χ2n) is 3.31. The lowest BCUT2D eigenvalue weighted by Gasteiger charge is -2.02. The van der Waals surface area contributed by atoms with Crippen LogP contribution in [0.1, 0.15) is 20.3 Å². The first-order valence-corrected chi connectivity index (χ1v) is 3.20. The average molecular weight is 127 g/mol. The van der Waals surface area contributed by atoms with E-state index in [0.29, 0.717) is 17.2 Å². The summed E-state index contributed by atoms with van der Waals surface area (Å²) < 4.78 is 4.79. The Bertz CT molecular complexity index is 140.